The van der Waals surface area contributed by atoms with Crippen molar-refractivity contribution in [2.75, 3.05) is 6.61 Å². The van der Waals surface area contributed by atoms with Gasteiger partial charge in [0.2, 0.25) is 0 Å². The highest BCUT2D eigenvalue weighted by Gasteiger charge is 2.04. The third-order valence-corrected chi connectivity index (χ3v) is 1.42. The predicted molar refractivity (Wildman–Crippen MR) is 45.5 cm³/mol. The Balaban J connectivity index is 2.56. The van der Waals surface area contributed by atoms with Gasteiger partial charge in [-0.2, -0.15) is 5.26 Å². The molecule has 0 radical (unpaired) electrons. The molecule has 0 aliphatic rings. The number of hydrogen-bond acceptors (Lipinski definition) is 3. The van der Waals surface area contributed by atoms with Gasteiger partial charge in [-0.05, 0) is 12.1 Å². The normalized spacial score (nSPS) is 11.8. The van der Waals surface area contributed by atoms with Gasteiger partial charge >= 0.3 is 0 Å². The second-order valence-corrected chi connectivity index (χ2v) is 2.48. The first-order chi connectivity index (χ1) is 6.24. The van der Waals surface area contributed by atoms with Gasteiger partial charge in [0.1, 0.15) is 12.6 Å². The first kappa shape index (κ1) is 9.49. The van der Waals surface area contributed by atoms with E-state index in [4.69, 9.17) is 15.7 Å². The molecule has 0 aliphatic heterocycles. The van der Waals surface area contributed by atoms with Gasteiger partial charge in [-0.15, -0.1) is 0 Å². The molecule has 4 heteroatoms. The minimum Gasteiger partial charge on any atom is -0.488 e. The highest BCUT2D eigenvalue weighted by Crippen LogP contribution is 2.14. The Morgan fingerprint density at radius 1 is 1.54 bits per heavy atom. The Morgan fingerprint density at radius 2 is 2.23 bits per heavy atom. The van der Waals surface area contributed by atoms with E-state index in [-0.39, 0.29) is 12.4 Å². The molecule has 0 bridgehead atoms. The lowest BCUT2D eigenvalue weighted by Gasteiger charge is -2.07. The number of nitrogens with zero attached hydrogens (tertiary/aromatic N) is 1. The average molecular weight is 180 g/mol. The summed E-state index contributed by atoms with van der Waals surface area (Å²) in [7, 11) is 0. The standard InChI is InChI=1S/C9H9FN2O/c10-8-3-1-2-4-9(8)13-6-7(12)5-11/h1-4,7H,6,12H2. The number of nitrogens with two attached hydrogens (primary N) is 1. The number of para-hydroxylation sites is 1. The van der Waals surface area contributed by atoms with Crippen molar-refractivity contribution in [1.82, 2.24) is 0 Å². The van der Waals surface area contributed by atoms with Gasteiger partial charge in [0.05, 0.1) is 6.07 Å². The van der Waals surface area contributed by atoms with Crippen molar-refractivity contribution in [2.45, 2.75) is 6.04 Å². The molecule has 0 saturated heterocycles. The lowest BCUT2D eigenvalue weighted by Crippen LogP contribution is -2.25. The summed E-state index contributed by atoms with van der Waals surface area (Å²) < 4.78 is 17.9. The van der Waals surface area contributed by atoms with Crippen LogP contribution in [0.15, 0.2) is 24.3 Å². The molecule has 1 rings (SSSR count). The predicted octanol–water partition coefficient (Wildman–Crippen LogP) is 1.06. The van der Waals surface area contributed by atoms with Crippen molar-refractivity contribution in [2.24, 2.45) is 5.73 Å². The second-order valence-electron chi connectivity index (χ2n) is 2.48. The molecule has 13 heavy (non-hydrogen) atoms. The molecule has 0 fully saturated rings. The minimum absolute atomic E-state index is 0.00255. The lowest BCUT2D eigenvalue weighted by molar-refractivity contribution is 0.293. The number of benzene rings is 1. The molecule has 1 aromatic rings. The van der Waals surface area contributed by atoms with E-state index >= 15 is 0 Å². The van der Waals surface area contributed by atoms with Crippen LogP contribution in [0.1, 0.15) is 0 Å². The molecule has 0 heterocycles. The number of hydrogen-bond donors (Lipinski definition) is 1. The zero-order valence-corrected chi connectivity index (χ0v) is 6.90. The molecule has 0 aliphatic carbocycles. The Kier molecular flexibility index (Phi) is 3.23. The van der Waals surface area contributed by atoms with Crippen molar-refractivity contribution in [1.29, 1.82) is 5.26 Å². The highest BCUT2D eigenvalue weighted by atomic mass is 19.1. The van der Waals surface area contributed by atoms with Crippen molar-refractivity contribution < 1.29 is 9.13 Å². The van der Waals surface area contributed by atoms with E-state index in [0.717, 1.165) is 0 Å². The monoisotopic (exact) mass is 180 g/mol. The Hall–Kier alpha value is -1.60. The maximum Gasteiger partial charge on any atom is 0.165 e. The molecule has 0 saturated carbocycles. The van der Waals surface area contributed by atoms with Gasteiger partial charge in [0.15, 0.2) is 11.6 Å². The third-order valence-electron chi connectivity index (χ3n) is 1.42. The summed E-state index contributed by atoms with van der Waals surface area (Å²) in [6, 6.07) is 7.04. The zero-order chi connectivity index (χ0) is 9.68. The lowest BCUT2D eigenvalue weighted by atomic mass is 10.3. The molecule has 0 aromatic heterocycles. The summed E-state index contributed by atoms with van der Waals surface area (Å²) in [5.41, 5.74) is 5.26. The van der Waals surface area contributed by atoms with E-state index in [1.165, 1.54) is 12.1 Å². The summed E-state index contributed by atoms with van der Waals surface area (Å²) in [5.74, 6) is -0.333. The van der Waals surface area contributed by atoms with Gasteiger partial charge < -0.3 is 10.5 Å². The molecule has 1 atom stereocenters. The van der Waals surface area contributed by atoms with Crippen LogP contribution in [0.2, 0.25) is 0 Å². The second kappa shape index (κ2) is 4.43. The van der Waals surface area contributed by atoms with Gasteiger partial charge in [0.25, 0.3) is 0 Å². The van der Waals surface area contributed by atoms with E-state index in [2.05, 4.69) is 0 Å². The fourth-order valence-electron chi connectivity index (χ4n) is 0.779. The molecular formula is C9H9FN2O. The summed E-state index contributed by atoms with van der Waals surface area (Å²) >= 11 is 0. The van der Waals surface area contributed by atoms with Gasteiger partial charge in [-0.1, -0.05) is 12.1 Å². The maximum absolute atomic E-state index is 12.9. The zero-order valence-electron chi connectivity index (χ0n) is 6.90. The van der Waals surface area contributed by atoms with E-state index < -0.39 is 11.9 Å². The Labute approximate surface area is 75.5 Å². The molecule has 1 unspecified atom stereocenters. The first-order valence-electron chi connectivity index (χ1n) is 3.76. The van der Waals surface area contributed by atoms with Crippen LogP contribution in [0.5, 0.6) is 5.75 Å². The van der Waals surface area contributed by atoms with Crippen molar-refractivity contribution in [3.8, 4) is 11.8 Å². The van der Waals surface area contributed by atoms with Crippen LogP contribution in [-0.2, 0) is 0 Å². The topological polar surface area (TPSA) is 59.0 Å². The summed E-state index contributed by atoms with van der Waals surface area (Å²) in [5, 5.41) is 8.33. The fourth-order valence-corrected chi connectivity index (χ4v) is 0.779. The van der Waals surface area contributed by atoms with E-state index in [9.17, 15) is 4.39 Å². The van der Waals surface area contributed by atoms with Crippen LogP contribution in [0.25, 0.3) is 0 Å². The van der Waals surface area contributed by atoms with Crippen LogP contribution in [-0.4, -0.2) is 12.6 Å². The van der Waals surface area contributed by atoms with Crippen LogP contribution in [0, 0.1) is 17.1 Å². The largest absolute Gasteiger partial charge is 0.488 e. The molecule has 0 spiro atoms. The van der Waals surface area contributed by atoms with E-state index in [1.54, 1.807) is 18.2 Å². The van der Waals surface area contributed by atoms with Crippen LogP contribution in [0.4, 0.5) is 4.39 Å². The Morgan fingerprint density at radius 3 is 2.85 bits per heavy atom. The molecule has 1 aromatic carbocycles. The van der Waals surface area contributed by atoms with Crippen molar-refractivity contribution in [3.05, 3.63) is 30.1 Å². The number of nitriles is 1. The maximum atomic E-state index is 12.9. The minimum atomic E-state index is -0.723. The number of halogens is 1. The molecule has 3 nitrogen and oxygen atoms in total. The number of ether oxygens (including phenoxy) is 1. The first-order valence-corrected chi connectivity index (χ1v) is 3.76. The van der Waals surface area contributed by atoms with E-state index in [0.29, 0.717) is 0 Å². The Bertz CT molecular complexity index is 322. The third kappa shape index (κ3) is 2.73. The summed E-state index contributed by atoms with van der Waals surface area (Å²) in [6.07, 6.45) is 0. The van der Waals surface area contributed by atoms with Crippen molar-refractivity contribution in [3.63, 3.8) is 0 Å². The van der Waals surface area contributed by atoms with E-state index in [1.807, 2.05) is 0 Å². The van der Waals surface area contributed by atoms with Crippen LogP contribution >= 0.6 is 0 Å². The SMILES string of the molecule is N#CC(N)COc1ccccc1F. The molecular weight excluding hydrogens is 171 g/mol. The summed E-state index contributed by atoms with van der Waals surface area (Å²) in [6.45, 7) is -0.00255. The molecule has 0 amide bonds. The van der Waals surface area contributed by atoms with Gasteiger partial charge in [0, 0.05) is 0 Å². The quantitative estimate of drug-likeness (QED) is 0.756. The van der Waals surface area contributed by atoms with Gasteiger partial charge in [-0.25, -0.2) is 4.39 Å². The van der Waals surface area contributed by atoms with Crippen molar-refractivity contribution >= 4 is 0 Å². The van der Waals surface area contributed by atoms with Gasteiger partial charge in [-0.3, -0.25) is 0 Å². The average Bonchev–Trinajstić information content (AvgIpc) is 2.16. The van der Waals surface area contributed by atoms with Crippen LogP contribution < -0.4 is 10.5 Å². The number of rotatable bonds is 3. The smallest absolute Gasteiger partial charge is 0.165 e. The molecule has 68 valence electrons. The summed E-state index contributed by atoms with van der Waals surface area (Å²) in [4.78, 5) is 0. The highest BCUT2D eigenvalue weighted by molar-refractivity contribution is 5.23. The van der Waals surface area contributed by atoms with Crippen LogP contribution in [0.3, 0.4) is 0 Å². The fraction of sp³-hybridized carbons (Fsp3) is 0.222. The molecule has 2 N–H and O–H groups in total.